The molecule has 21 heavy (non-hydrogen) atoms. The largest absolute Gasteiger partial charge is 0.351 e. The number of nitrogens with zero attached hydrogens (tertiary/aromatic N) is 2. The lowest BCUT2D eigenvalue weighted by atomic mass is 10.3. The van der Waals surface area contributed by atoms with Gasteiger partial charge in [-0.2, -0.15) is 0 Å². The van der Waals surface area contributed by atoms with Crippen molar-refractivity contribution in [2.45, 2.75) is 0 Å². The van der Waals surface area contributed by atoms with E-state index in [1.165, 1.54) is 11.8 Å². The van der Waals surface area contributed by atoms with E-state index in [-0.39, 0.29) is 5.91 Å². The highest BCUT2D eigenvalue weighted by Crippen LogP contribution is 2.30. The molecule has 1 aliphatic heterocycles. The molecule has 4 nitrogen and oxygen atoms in total. The molecular formula is C15H12BrN3OS. The molecule has 3 rings (SSSR count). The number of aliphatic imine (C=N–C) groups is 1. The van der Waals surface area contributed by atoms with E-state index in [0.717, 1.165) is 15.9 Å². The molecule has 0 atom stereocenters. The van der Waals surface area contributed by atoms with Crippen molar-refractivity contribution in [1.82, 2.24) is 9.88 Å². The summed E-state index contributed by atoms with van der Waals surface area (Å²) in [7, 11) is 1.94. The van der Waals surface area contributed by atoms with Crippen LogP contribution >= 0.6 is 27.7 Å². The number of carbonyl (C=O) groups excluding carboxylic acids is 1. The van der Waals surface area contributed by atoms with Crippen LogP contribution < -0.4 is 5.32 Å². The number of halogens is 1. The highest BCUT2D eigenvalue weighted by molar-refractivity contribution is 9.10. The summed E-state index contributed by atoms with van der Waals surface area (Å²) in [6.45, 7) is 0. The number of benzene rings is 1. The van der Waals surface area contributed by atoms with Gasteiger partial charge in [-0.25, -0.2) is 4.99 Å². The number of nitrogens with one attached hydrogen (secondary N) is 1. The molecular weight excluding hydrogens is 350 g/mol. The predicted octanol–water partition coefficient (Wildman–Crippen LogP) is 3.68. The van der Waals surface area contributed by atoms with Crippen molar-refractivity contribution < 1.29 is 4.79 Å². The summed E-state index contributed by atoms with van der Waals surface area (Å²) >= 11 is 4.79. The van der Waals surface area contributed by atoms with Gasteiger partial charge in [0.2, 0.25) is 0 Å². The van der Waals surface area contributed by atoms with Gasteiger partial charge < -0.3 is 9.88 Å². The third-order valence-corrected chi connectivity index (χ3v) is 4.57. The molecule has 2 heterocycles. The lowest BCUT2D eigenvalue weighted by Crippen LogP contribution is -2.19. The molecule has 1 saturated heterocycles. The molecule has 6 heteroatoms. The first-order chi connectivity index (χ1) is 10.1. The fourth-order valence-electron chi connectivity index (χ4n) is 1.89. The molecule has 1 amide bonds. The van der Waals surface area contributed by atoms with Gasteiger partial charge in [0.05, 0.1) is 10.6 Å². The Kier molecular flexibility index (Phi) is 3.98. The summed E-state index contributed by atoms with van der Waals surface area (Å²) in [5.41, 5.74) is 1.77. The fraction of sp³-hybridized carbons (Fsp3) is 0.0667. The van der Waals surface area contributed by atoms with E-state index < -0.39 is 0 Å². The molecule has 2 aromatic rings. The first-order valence-electron chi connectivity index (χ1n) is 6.29. The second-order valence-corrected chi connectivity index (χ2v) is 6.36. The molecule has 1 aliphatic rings. The van der Waals surface area contributed by atoms with Crippen LogP contribution in [0.25, 0.3) is 6.08 Å². The number of aryl methyl sites for hydroxylation is 1. The van der Waals surface area contributed by atoms with Crippen molar-refractivity contribution in [2.75, 3.05) is 0 Å². The molecule has 0 bridgehead atoms. The molecule has 1 N–H and O–H groups in total. The van der Waals surface area contributed by atoms with Gasteiger partial charge in [0.15, 0.2) is 5.17 Å². The Morgan fingerprint density at radius 2 is 2.10 bits per heavy atom. The minimum absolute atomic E-state index is 0.119. The Morgan fingerprint density at radius 3 is 2.81 bits per heavy atom. The van der Waals surface area contributed by atoms with E-state index in [1.807, 2.05) is 60.3 Å². The molecule has 1 fully saturated rings. The summed E-state index contributed by atoms with van der Waals surface area (Å²) in [4.78, 5) is 17.1. The van der Waals surface area contributed by atoms with Crippen molar-refractivity contribution in [3.63, 3.8) is 0 Å². The summed E-state index contributed by atoms with van der Waals surface area (Å²) in [6.07, 6.45) is 3.81. The first kappa shape index (κ1) is 14.2. The molecule has 0 spiro atoms. The maximum absolute atomic E-state index is 12.0. The van der Waals surface area contributed by atoms with Gasteiger partial charge >= 0.3 is 0 Å². The standard InChI is InChI=1S/C15H12BrN3OS/c1-19-8-4-5-10(19)9-13-14(20)18-15(21-13)17-12-7-3-2-6-11(12)16/h2-9H,1H3,(H,17,18,20)/b13-9-. The third kappa shape index (κ3) is 3.11. The first-order valence-corrected chi connectivity index (χ1v) is 7.90. The zero-order chi connectivity index (χ0) is 14.8. The number of amides is 1. The molecule has 1 aromatic heterocycles. The molecule has 1 aromatic carbocycles. The Bertz CT molecular complexity index is 764. The van der Waals surface area contributed by atoms with Crippen molar-refractivity contribution in [2.24, 2.45) is 12.0 Å². The van der Waals surface area contributed by atoms with Crippen LogP contribution in [0.2, 0.25) is 0 Å². The zero-order valence-corrected chi connectivity index (χ0v) is 13.6. The van der Waals surface area contributed by atoms with Gasteiger partial charge in [-0.1, -0.05) is 12.1 Å². The minimum atomic E-state index is -0.119. The van der Waals surface area contributed by atoms with E-state index in [4.69, 9.17) is 0 Å². The quantitative estimate of drug-likeness (QED) is 0.829. The fourth-order valence-corrected chi connectivity index (χ4v) is 3.08. The van der Waals surface area contributed by atoms with Crippen molar-refractivity contribution >= 4 is 50.5 Å². The van der Waals surface area contributed by atoms with E-state index in [0.29, 0.717) is 10.1 Å². The van der Waals surface area contributed by atoms with Crippen LogP contribution in [0.1, 0.15) is 5.69 Å². The Balaban J connectivity index is 1.87. The van der Waals surface area contributed by atoms with Crippen LogP contribution in [0.5, 0.6) is 0 Å². The van der Waals surface area contributed by atoms with Crippen LogP contribution in [0.15, 0.2) is 57.0 Å². The number of para-hydroxylation sites is 1. The van der Waals surface area contributed by atoms with Gasteiger partial charge in [-0.3, -0.25) is 4.79 Å². The average Bonchev–Trinajstić information content (AvgIpc) is 3.00. The van der Waals surface area contributed by atoms with Crippen LogP contribution in [0, 0.1) is 0 Å². The molecule has 0 saturated carbocycles. The monoisotopic (exact) mass is 361 g/mol. The van der Waals surface area contributed by atoms with E-state index in [1.54, 1.807) is 0 Å². The smallest absolute Gasteiger partial charge is 0.264 e. The van der Waals surface area contributed by atoms with E-state index in [2.05, 4.69) is 26.2 Å². The van der Waals surface area contributed by atoms with Crippen molar-refractivity contribution in [3.05, 3.63) is 57.7 Å². The minimum Gasteiger partial charge on any atom is -0.351 e. The SMILES string of the molecule is Cn1cccc1/C=C1\SC(=Nc2ccccc2Br)NC1=O. The van der Waals surface area contributed by atoms with Gasteiger partial charge in [0.25, 0.3) is 5.91 Å². The van der Waals surface area contributed by atoms with Crippen LogP contribution in [-0.2, 0) is 11.8 Å². The summed E-state index contributed by atoms with van der Waals surface area (Å²) in [5.74, 6) is -0.119. The van der Waals surface area contributed by atoms with Crippen LogP contribution in [0.4, 0.5) is 5.69 Å². The van der Waals surface area contributed by atoms with Crippen molar-refractivity contribution in [1.29, 1.82) is 0 Å². The Labute approximate surface area is 135 Å². The van der Waals surface area contributed by atoms with Gasteiger partial charge in [-0.15, -0.1) is 0 Å². The van der Waals surface area contributed by atoms with Gasteiger partial charge in [0, 0.05) is 23.4 Å². The lowest BCUT2D eigenvalue weighted by Gasteiger charge is -1.98. The number of thioether (sulfide) groups is 1. The molecule has 0 radical (unpaired) electrons. The predicted molar refractivity (Wildman–Crippen MR) is 90.4 cm³/mol. The highest BCUT2D eigenvalue weighted by atomic mass is 79.9. The lowest BCUT2D eigenvalue weighted by molar-refractivity contribution is -0.115. The maximum atomic E-state index is 12.0. The normalized spacial score (nSPS) is 18.5. The summed E-state index contributed by atoms with van der Waals surface area (Å²) < 4.78 is 2.86. The Morgan fingerprint density at radius 1 is 1.29 bits per heavy atom. The summed E-state index contributed by atoms with van der Waals surface area (Å²) in [6, 6.07) is 11.6. The van der Waals surface area contributed by atoms with Gasteiger partial charge in [0.1, 0.15) is 0 Å². The average molecular weight is 362 g/mol. The number of amidine groups is 1. The number of rotatable bonds is 2. The molecule has 0 aliphatic carbocycles. The number of hydrogen-bond donors (Lipinski definition) is 1. The Hall–Kier alpha value is -1.79. The van der Waals surface area contributed by atoms with E-state index in [9.17, 15) is 4.79 Å². The number of aromatic nitrogens is 1. The van der Waals surface area contributed by atoms with E-state index >= 15 is 0 Å². The second-order valence-electron chi connectivity index (χ2n) is 4.48. The second kappa shape index (κ2) is 5.91. The maximum Gasteiger partial charge on any atom is 0.264 e. The third-order valence-electron chi connectivity index (χ3n) is 2.99. The number of carbonyl (C=O) groups is 1. The van der Waals surface area contributed by atoms with Gasteiger partial charge in [-0.05, 0) is 58.0 Å². The molecule has 0 unspecified atom stereocenters. The topological polar surface area (TPSA) is 46.4 Å². The van der Waals surface area contributed by atoms with Crippen LogP contribution in [0.3, 0.4) is 0 Å². The summed E-state index contributed by atoms with van der Waals surface area (Å²) in [5, 5.41) is 3.38. The molecule has 106 valence electrons. The van der Waals surface area contributed by atoms with Crippen LogP contribution in [-0.4, -0.2) is 15.6 Å². The highest BCUT2D eigenvalue weighted by Gasteiger charge is 2.24. The zero-order valence-electron chi connectivity index (χ0n) is 11.2. The van der Waals surface area contributed by atoms with Crippen molar-refractivity contribution in [3.8, 4) is 0 Å². The number of hydrogen-bond acceptors (Lipinski definition) is 3.